The summed E-state index contributed by atoms with van der Waals surface area (Å²) in [6.07, 6.45) is 2.40. The SMILES string of the molecule is CCC(NC(=O)c1ccc(Cl)c(S(=O)(=O)N2CCCC2)c1)c1ccc(C)cc1. The molecule has 2 aromatic carbocycles. The molecule has 1 fully saturated rings. The lowest BCUT2D eigenvalue weighted by molar-refractivity contribution is 0.0935. The van der Waals surface area contributed by atoms with Gasteiger partial charge in [-0.1, -0.05) is 48.4 Å². The van der Waals surface area contributed by atoms with Crippen molar-refractivity contribution in [2.75, 3.05) is 13.1 Å². The van der Waals surface area contributed by atoms with Crippen molar-refractivity contribution in [2.24, 2.45) is 0 Å². The summed E-state index contributed by atoms with van der Waals surface area (Å²) in [6.45, 7) is 4.98. The van der Waals surface area contributed by atoms with Gasteiger partial charge < -0.3 is 5.32 Å². The van der Waals surface area contributed by atoms with Crippen molar-refractivity contribution < 1.29 is 13.2 Å². The minimum absolute atomic E-state index is 0.00731. The number of nitrogens with zero attached hydrogens (tertiary/aromatic N) is 1. The number of sulfonamides is 1. The van der Waals surface area contributed by atoms with E-state index in [9.17, 15) is 13.2 Å². The van der Waals surface area contributed by atoms with Gasteiger partial charge in [-0.3, -0.25) is 4.79 Å². The first-order chi connectivity index (χ1) is 13.3. The van der Waals surface area contributed by atoms with Crippen LogP contribution in [0.1, 0.15) is 53.7 Å². The molecule has 3 rings (SSSR count). The summed E-state index contributed by atoms with van der Waals surface area (Å²) >= 11 is 6.17. The van der Waals surface area contributed by atoms with Crippen molar-refractivity contribution >= 4 is 27.5 Å². The Morgan fingerprint density at radius 1 is 1.14 bits per heavy atom. The number of aryl methyl sites for hydroxylation is 1. The summed E-state index contributed by atoms with van der Waals surface area (Å²) in [4.78, 5) is 12.8. The average molecular weight is 421 g/mol. The van der Waals surface area contributed by atoms with E-state index in [0.717, 1.165) is 30.4 Å². The third-order valence-corrected chi connectivity index (χ3v) is 7.45. The van der Waals surface area contributed by atoms with Crippen molar-refractivity contribution in [1.29, 1.82) is 0 Å². The van der Waals surface area contributed by atoms with E-state index < -0.39 is 10.0 Å². The zero-order valence-corrected chi connectivity index (χ0v) is 17.7. The summed E-state index contributed by atoms with van der Waals surface area (Å²) < 4.78 is 27.2. The van der Waals surface area contributed by atoms with Crippen LogP contribution in [0.4, 0.5) is 0 Å². The smallest absolute Gasteiger partial charge is 0.251 e. The maximum atomic E-state index is 12.9. The van der Waals surface area contributed by atoms with E-state index in [1.165, 1.54) is 16.4 Å². The van der Waals surface area contributed by atoms with Crippen LogP contribution in [-0.4, -0.2) is 31.7 Å². The summed E-state index contributed by atoms with van der Waals surface area (Å²) in [5, 5.41) is 3.13. The second kappa shape index (κ2) is 8.64. The van der Waals surface area contributed by atoms with Crippen molar-refractivity contribution in [3.8, 4) is 0 Å². The summed E-state index contributed by atoms with van der Waals surface area (Å²) in [5.74, 6) is -0.318. The molecule has 0 aromatic heterocycles. The molecule has 0 saturated carbocycles. The lowest BCUT2D eigenvalue weighted by Crippen LogP contribution is -2.30. The van der Waals surface area contributed by atoms with Gasteiger partial charge in [0.1, 0.15) is 4.90 Å². The molecule has 5 nitrogen and oxygen atoms in total. The fourth-order valence-corrected chi connectivity index (χ4v) is 5.39. The molecule has 1 aliphatic rings. The first kappa shape index (κ1) is 20.8. The minimum atomic E-state index is -3.69. The molecule has 0 radical (unpaired) electrons. The van der Waals surface area contributed by atoms with Gasteiger partial charge in [0.05, 0.1) is 11.1 Å². The highest BCUT2D eigenvalue weighted by atomic mass is 35.5. The average Bonchev–Trinajstić information content (AvgIpc) is 3.22. The van der Waals surface area contributed by atoms with Crippen LogP contribution >= 0.6 is 11.6 Å². The first-order valence-electron chi connectivity index (χ1n) is 9.50. The maximum Gasteiger partial charge on any atom is 0.251 e. The number of hydrogen-bond donors (Lipinski definition) is 1. The Morgan fingerprint density at radius 3 is 2.39 bits per heavy atom. The molecule has 28 heavy (non-hydrogen) atoms. The molecule has 1 atom stereocenters. The molecule has 1 saturated heterocycles. The van der Waals surface area contributed by atoms with Crippen LogP contribution in [-0.2, 0) is 10.0 Å². The Balaban J connectivity index is 1.85. The van der Waals surface area contributed by atoms with Crippen LogP contribution < -0.4 is 5.32 Å². The van der Waals surface area contributed by atoms with Gasteiger partial charge in [0.2, 0.25) is 10.0 Å². The van der Waals surface area contributed by atoms with Crippen molar-refractivity contribution in [1.82, 2.24) is 9.62 Å². The van der Waals surface area contributed by atoms with Crippen LogP contribution in [0.3, 0.4) is 0 Å². The fraction of sp³-hybridized carbons (Fsp3) is 0.381. The van der Waals surface area contributed by atoms with E-state index in [1.807, 2.05) is 38.1 Å². The highest BCUT2D eigenvalue weighted by molar-refractivity contribution is 7.89. The van der Waals surface area contributed by atoms with Gasteiger partial charge in [-0.05, 0) is 49.9 Å². The molecule has 1 N–H and O–H groups in total. The van der Waals surface area contributed by atoms with Gasteiger partial charge in [-0.15, -0.1) is 0 Å². The molecule has 0 bridgehead atoms. The summed E-state index contributed by atoms with van der Waals surface area (Å²) in [7, 11) is -3.69. The Hall–Kier alpha value is -1.89. The molecular formula is C21H25ClN2O3S. The lowest BCUT2D eigenvalue weighted by Gasteiger charge is -2.19. The molecule has 7 heteroatoms. The summed E-state index contributed by atoms with van der Waals surface area (Å²) in [6, 6.07) is 12.3. The lowest BCUT2D eigenvalue weighted by atomic mass is 10.0. The van der Waals surface area contributed by atoms with E-state index >= 15 is 0 Å². The second-order valence-corrected chi connectivity index (χ2v) is 9.41. The largest absolute Gasteiger partial charge is 0.345 e. The molecule has 1 aliphatic heterocycles. The predicted molar refractivity (Wildman–Crippen MR) is 111 cm³/mol. The maximum absolute atomic E-state index is 12.9. The number of nitrogens with one attached hydrogen (secondary N) is 1. The Bertz CT molecular complexity index is 952. The van der Waals surface area contributed by atoms with Crippen LogP contribution in [0.25, 0.3) is 0 Å². The van der Waals surface area contributed by atoms with Crippen molar-refractivity contribution in [3.05, 3.63) is 64.2 Å². The molecule has 0 aliphatic carbocycles. The van der Waals surface area contributed by atoms with Crippen LogP contribution in [0, 0.1) is 6.92 Å². The third-order valence-electron chi connectivity index (χ3n) is 5.07. The summed E-state index contributed by atoms with van der Waals surface area (Å²) in [5.41, 5.74) is 2.45. The van der Waals surface area contributed by atoms with Crippen molar-refractivity contribution in [3.63, 3.8) is 0 Å². The highest BCUT2D eigenvalue weighted by Crippen LogP contribution is 2.28. The number of rotatable bonds is 6. The van der Waals surface area contributed by atoms with E-state index in [-0.39, 0.29) is 27.4 Å². The van der Waals surface area contributed by atoms with Gasteiger partial charge >= 0.3 is 0 Å². The molecule has 150 valence electrons. The van der Waals surface area contributed by atoms with Crippen molar-refractivity contribution in [2.45, 2.75) is 44.0 Å². The topological polar surface area (TPSA) is 66.5 Å². The van der Waals surface area contributed by atoms with E-state index in [0.29, 0.717) is 13.1 Å². The third kappa shape index (κ3) is 4.40. The number of carbonyl (C=O) groups excluding carboxylic acids is 1. The number of benzene rings is 2. The number of halogens is 1. The quantitative estimate of drug-likeness (QED) is 0.756. The first-order valence-corrected chi connectivity index (χ1v) is 11.3. The van der Waals surface area contributed by atoms with Gasteiger partial charge in [-0.25, -0.2) is 8.42 Å². The molecule has 1 heterocycles. The number of carbonyl (C=O) groups is 1. The van der Waals surface area contributed by atoms with E-state index in [2.05, 4.69) is 5.32 Å². The predicted octanol–water partition coefficient (Wildman–Crippen LogP) is 4.31. The van der Waals surface area contributed by atoms with Gasteiger partial charge in [0.25, 0.3) is 5.91 Å². The fourth-order valence-electron chi connectivity index (χ4n) is 3.37. The minimum Gasteiger partial charge on any atom is -0.345 e. The van der Waals surface area contributed by atoms with Gasteiger partial charge in [0.15, 0.2) is 0 Å². The Kier molecular flexibility index (Phi) is 6.43. The molecule has 0 spiro atoms. The zero-order valence-electron chi connectivity index (χ0n) is 16.1. The molecular weight excluding hydrogens is 396 g/mol. The second-order valence-electron chi connectivity index (χ2n) is 7.10. The zero-order chi connectivity index (χ0) is 20.3. The van der Waals surface area contributed by atoms with Crippen LogP contribution in [0.2, 0.25) is 5.02 Å². The highest BCUT2D eigenvalue weighted by Gasteiger charge is 2.30. The van der Waals surface area contributed by atoms with E-state index in [4.69, 9.17) is 11.6 Å². The normalized spacial score (nSPS) is 16.1. The molecule has 2 aromatic rings. The van der Waals surface area contributed by atoms with Crippen LogP contribution in [0.15, 0.2) is 47.4 Å². The van der Waals surface area contributed by atoms with Crippen LogP contribution in [0.5, 0.6) is 0 Å². The standard InChI is InChI=1S/C21H25ClN2O3S/c1-3-19(16-8-6-15(2)7-9-16)23-21(25)17-10-11-18(22)20(14-17)28(26,27)24-12-4-5-13-24/h6-11,14,19H,3-5,12-13H2,1-2H3,(H,23,25). The Labute approximate surface area is 171 Å². The Morgan fingerprint density at radius 2 is 1.79 bits per heavy atom. The van der Waals surface area contributed by atoms with Gasteiger partial charge in [-0.2, -0.15) is 4.31 Å². The van der Waals surface area contributed by atoms with E-state index in [1.54, 1.807) is 6.07 Å². The number of hydrogen-bond acceptors (Lipinski definition) is 3. The van der Waals surface area contributed by atoms with Gasteiger partial charge in [0, 0.05) is 18.7 Å². The molecule has 1 amide bonds. The number of amides is 1. The monoisotopic (exact) mass is 420 g/mol. The molecule has 1 unspecified atom stereocenters.